The largest absolute Gasteiger partial charge is 0.506 e. The van der Waals surface area contributed by atoms with Crippen molar-refractivity contribution in [2.24, 2.45) is 0 Å². The first kappa shape index (κ1) is 9.58. The van der Waals surface area contributed by atoms with Crippen molar-refractivity contribution in [1.29, 1.82) is 0 Å². The molecule has 0 amide bonds. The Morgan fingerprint density at radius 2 is 2.20 bits per heavy atom. The fourth-order valence-electron chi connectivity index (χ4n) is 1.44. The summed E-state index contributed by atoms with van der Waals surface area (Å²) < 4.78 is 4.93. The molecule has 0 aliphatic rings. The Labute approximate surface area is 86.2 Å². The van der Waals surface area contributed by atoms with E-state index in [2.05, 4.69) is 5.32 Å². The molecule has 2 aromatic rings. The molecule has 78 valence electrons. The molecular weight excluding hydrogens is 194 g/mol. The van der Waals surface area contributed by atoms with Crippen LogP contribution >= 0.6 is 0 Å². The van der Waals surface area contributed by atoms with Gasteiger partial charge in [-0.05, 0) is 19.1 Å². The third kappa shape index (κ3) is 1.79. The quantitative estimate of drug-likeness (QED) is 0.581. The van der Waals surface area contributed by atoms with Crippen LogP contribution in [0.3, 0.4) is 0 Å². The summed E-state index contributed by atoms with van der Waals surface area (Å²) in [5, 5.41) is 13.4. The van der Waals surface area contributed by atoms with Gasteiger partial charge in [0.1, 0.15) is 11.3 Å². The minimum atomic E-state index is -0.418. The van der Waals surface area contributed by atoms with Crippen molar-refractivity contribution in [3.8, 4) is 5.75 Å². The average Bonchev–Trinajstić information content (AvgIpc) is 2.20. The number of aromatic hydroxyl groups is 1. The summed E-state index contributed by atoms with van der Waals surface area (Å²) in [6, 6.07) is 6.21. The second-order valence-electron chi connectivity index (χ2n) is 3.19. The Kier molecular flexibility index (Phi) is 2.33. The van der Waals surface area contributed by atoms with Gasteiger partial charge in [-0.2, -0.15) is 0 Å². The van der Waals surface area contributed by atoms with Crippen molar-refractivity contribution in [1.82, 2.24) is 0 Å². The van der Waals surface area contributed by atoms with Crippen molar-refractivity contribution in [2.75, 3.05) is 11.9 Å². The summed E-state index contributed by atoms with van der Waals surface area (Å²) in [4.78, 5) is 10.9. The van der Waals surface area contributed by atoms with Gasteiger partial charge in [0.2, 0.25) is 0 Å². The van der Waals surface area contributed by atoms with Gasteiger partial charge in [-0.25, -0.2) is 4.79 Å². The van der Waals surface area contributed by atoms with E-state index in [9.17, 15) is 9.90 Å². The zero-order valence-electron chi connectivity index (χ0n) is 8.28. The van der Waals surface area contributed by atoms with E-state index in [-0.39, 0.29) is 5.75 Å². The van der Waals surface area contributed by atoms with Gasteiger partial charge in [-0.15, -0.1) is 0 Å². The topological polar surface area (TPSA) is 62.5 Å². The molecule has 1 aromatic heterocycles. The molecular formula is C11H11NO3. The van der Waals surface area contributed by atoms with Crippen LogP contribution in [-0.2, 0) is 0 Å². The fourth-order valence-corrected chi connectivity index (χ4v) is 1.44. The number of phenols is 1. The lowest BCUT2D eigenvalue weighted by Gasteiger charge is -2.06. The minimum absolute atomic E-state index is 0.0821. The van der Waals surface area contributed by atoms with Crippen LogP contribution in [0, 0.1) is 0 Å². The van der Waals surface area contributed by atoms with E-state index < -0.39 is 5.63 Å². The van der Waals surface area contributed by atoms with Crippen LogP contribution in [0.15, 0.2) is 33.5 Å². The lowest BCUT2D eigenvalue weighted by molar-refractivity contribution is 0.475. The van der Waals surface area contributed by atoms with Gasteiger partial charge >= 0.3 is 5.63 Å². The molecule has 0 saturated heterocycles. The summed E-state index contributed by atoms with van der Waals surface area (Å²) in [6.45, 7) is 2.66. The summed E-state index contributed by atoms with van der Waals surface area (Å²) in [5.41, 5.74) is 0.610. The van der Waals surface area contributed by atoms with Crippen molar-refractivity contribution in [2.45, 2.75) is 6.92 Å². The van der Waals surface area contributed by atoms with Crippen LogP contribution in [0.1, 0.15) is 6.92 Å². The highest BCUT2D eigenvalue weighted by Crippen LogP contribution is 2.28. The van der Waals surface area contributed by atoms with Gasteiger partial charge in [0.25, 0.3) is 0 Å². The van der Waals surface area contributed by atoms with Crippen LogP contribution in [0.25, 0.3) is 11.0 Å². The Balaban J connectivity index is 2.65. The maximum Gasteiger partial charge on any atom is 0.336 e. The molecule has 1 aromatic carbocycles. The lowest BCUT2D eigenvalue weighted by Crippen LogP contribution is -1.98. The van der Waals surface area contributed by atoms with Crippen molar-refractivity contribution >= 4 is 16.7 Å². The van der Waals surface area contributed by atoms with E-state index in [1.165, 1.54) is 12.1 Å². The molecule has 2 rings (SSSR count). The monoisotopic (exact) mass is 205 g/mol. The molecule has 4 heteroatoms. The Morgan fingerprint density at radius 3 is 2.93 bits per heavy atom. The summed E-state index contributed by atoms with van der Waals surface area (Å²) in [5.74, 6) is 0.0821. The molecule has 15 heavy (non-hydrogen) atoms. The first-order valence-electron chi connectivity index (χ1n) is 4.71. The molecule has 4 nitrogen and oxygen atoms in total. The minimum Gasteiger partial charge on any atom is -0.506 e. The second-order valence-corrected chi connectivity index (χ2v) is 3.19. The van der Waals surface area contributed by atoms with Crippen LogP contribution in [-0.4, -0.2) is 11.7 Å². The second kappa shape index (κ2) is 3.65. The van der Waals surface area contributed by atoms with E-state index >= 15 is 0 Å². The molecule has 2 N–H and O–H groups in total. The zero-order chi connectivity index (χ0) is 10.8. The Hall–Kier alpha value is -1.97. The predicted molar refractivity (Wildman–Crippen MR) is 58.3 cm³/mol. The normalized spacial score (nSPS) is 10.5. The fraction of sp³-hybridized carbons (Fsp3) is 0.182. The lowest BCUT2D eigenvalue weighted by atomic mass is 10.2. The average molecular weight is 205 g/mol. The predicted octanol–water partition coefficient (Wildman–Crippen LogP) is 1.93. The highest BCUT2D eigenvalue weighted by molar-refractivity contribution is 5.83. The third-order valence-electron chi connectivity index (χ3n) is 2.10. The van der Waals surface area contributed by atoms with Gasteiger partial charge in [-0.3, -0.25) is 0 Å². The van der Waals surface area contributed by atoms with E-state index in [1.807, 2.05) is 6.92 Å². The molecule has 0 bridgehead atoms. The Bertz CT molecular complexity index is 545. The van der Waals surface area contributed by atoms with Crippen LogP contribution in [0.4, 0.5) is 5.69 Å². The molecule has 0 radical (unpaired) electrons. The van der Waals surface area contributed by atoms with E-state index in [1.54, 1.807) is 12.1 Å². The van der Waals surface area contributed by atoms with Gasteiger partial charge in [-0.1, -0.05) is 0 Å². The van der Waals surface area contributed by atoms with Gasteiger partial charge in [0, 0.05) is 24.1 Å². The highest BCUT2D eigenvalue weighted by atomic mass is 16.4. The van der Waals surface area contributed by atoms with Crippen LogP contribution in [0.2, 0.25) is 0 Å². The zero-order valence-corrected chi connectivity index (χ0v) is 8.28. The number of rotatable bonds is 2. The standard InChI is InChI=1S/C11H11NO3/c1-2-12-8-5-7-3-4-11(14)15-10(7)6-9(8)13/h3-6,12-13H,2H2,1H3. The van der Waals surface area contributed by atoms with Crippen molar-refractivity contribution in [3.63, 3.8) is 0 Å². The smallest absolute Gasteiger partial charge is 0.336 e. The summed E-state index contributed by atoms with van der Waals surface area (Å²) in [7, 11) is 0. The highest BCUT2D eigenvalue weighted by Gasteiger charge is 2.04. The SMILES string of the molecule is CCNc1cc2ccc(=O)oc2cc1O. The number of anilines is 1. The van der Waals surface area contributed by atoms with Crippen LogP contribution < -0.4 is 10.9 Å². The van der Waals surface area contributed by atoms with Gasteiger partial charge in [0.05, 0.1) is 5.69 Å². The molecule has 0 aliphatic heterocycles. The number of hydrogen-bond acceptors (Lipinski definition) is 4. The Morgan fingerprint density at radius 1 is 1.40 bits per heavy atom. The van der Waals surface area contributed by atoms with Crippen LogP contribution in [0.5, 0.6) is 5.75 Å². The number of hydrogen-bond donors (Lipinski definition) is 2. The van der Waals surface area contributed by atoms with Crippen molar-refractivity contribution in [3.05, 3.63) is 34.7 Å². The molecule has 0 atom stereocenters. The first-order chi connectivity index (χ1) is 7.20. The molecule has 1 heterocycles. The molecule has 0 fully saturated rings. The summed E-state index contributed by atoms with van der Waals surface area (Å²) in [6.07, 6.45) is 0. The molecule has 0 spiro atoms. The molecule has 0 aliphatic carbocycles. The number of nitrogens with one attached hydrogen (secondary N) is 1. The summed E-state index contributed by atoms with van der Waals surface area (Å²) >= 11 is 0. The number of fused-ring (bicyclic) bond motifs is 1. The maximum absolute atomic E-state index is 10.9. The van der Waals surface area contributed by atoms with Crippen molar-refractivity contribution < 1.29 is 9.52 Å². The van der Waals surface area contributed by atoms with E-state index in [4.69, 9.17) is 4.42 Å². The third-order valence-corrected chi connectivity index (χ3v) is 2.10. The number of phenolic OH excluding ortho intramolecular Hbond substituents is 1. The van der Waals surface area contributed by atoms with Gasteiger partial charge < -0.3 is 14.8 Å². The van der Waals surface area contributed by atoms with Gasteiger partial charge in [0.15, 0.2) is 0 Å². The maximum atomic E-state index is 10.9. The van der Waals surface area contributed by atoms with E-state index in [0.29, 0.717) is 11.3 Å². The van der Waals surface area contributed by atoms with E-state index in [0.717, 1.165) is 11.9 Å². The number of benzene rings is 1. The molecule has 0 unspecified atom stereocenters. The first-order valence-corrected chi connectivity index (χ1v) is 4.71. The molecule has 0 saturated carbocycles.